The fourth-order valence-electron chi connectivity index (χ4n) is 2.09. The van der Waals surface area contributed by atoms with E-state index in [0.29, 0.717) is 12.4 Å². The minimum atomic E-state index is -0.651. The highest BCUT2D eigenvalue weighted by molar-refractivity contribution is 5.85. The normalized spacial score (nSPS) is 12.3. The fourth-order valence-corrected chi connectivity index (χ4v) is 2.09. The summed E-state index contributed by atoms with van der Waals surface area (Å²) in [4.78, 5) is 8.35. The maximum Gasteiger partial charge on any atom is 0.163 e. The first-order valence-electron chi connectivity index (χ1n) is 6.96. The van der Waals surface area contributed by atoms with Crippen LogP contribution < -0.4 is 10.1 Å². The summed E-state index contributed by atoms with van der Waals surface area (Å²) in [5.41, 5.74) is 0.743. The summed E-state index contributed by atoms with van der Waals surface area (Å²) in [6.07, 6.45) is 2.52. The summed E-state index contributed by atoms with van der Waals surface area (Å²) < 4.78 is 7.19. The minimum absolute atomic E-state index is 0.207. The Kier molecular flexibility index (Phi) is 4.15. The third kappa shape index (κ3) is 3.15. The number of hydrogen-bond donors (Lipinski definition) is 2. The lowest BCUT2D eigenvalue weighted by Gasteiger charge is -2.13. The topological polar surface area (TPSA) is 85.1 Å². The van der Waals surface area contributed by atoms with Gasteiger partial charge in [-0.25, -0.2) is 9.97 Å². The number of aromatic nitrogens is 4. The van der Waals surface area contributed by atoms with Crippen LogP contribution in [0.2, 0.25) is 0 Å². The number of fused-ring (bicyclic) bond motifs is 1. The minimum Gasteiger partial charge on any atom is -0.491 e. The lowest BCUT2D eigenvalue weighted by atomic mass is 10.3. The first-order chi connectivity index (χ1) is 10.7. The van der Waals surface area contributed by atoms with Gasteiger partial charge < -0.3 is 15.2 Å². The van der Waals surface area contributed by atoms with E-state index in [1.165, 1.54) is 6.33 Å². The standard InChI is InChI=1S/C15H17N5O2/c1-20-15-13(8-19-20)14(17-10-18-15)16-7-11(21)9-22-12-5-3-2-4-6-12/h2-6,8,10-11,21H,7,9H2,1H3,(H,16,17,18)/t11-/m1/s1. The number of hydrogen-bond acceptors (Lipinski definition) is 6. The lowest BCUT2D eigenvalue weighted by Crippen LogP contribution is -2.26. The summed E-state index contributed by atoms with van der Waals surface area (Å²) in [6.45, 7) is 0.534. The van der Waals surface area contributed by atoms with Crippen molar-refractivity contribution in [1.82, 2.24) is 19.7 Å². The molecule has 7 heteroatoms. The van der Waals surface area contributed by atoms with Crippen LogP contribution >= 0.6 is 0 Å². The van der Waals surface area contributed by atoms with Gasteiger partial charge in [-0.1, -0.05) is 18.2 Å². The van der Waals surface area contributed by atoms with Crippen molar-refractivity contribution in [1.29, 1.82) is 0 Å². The zero-order valence-corrected chi connectivity index (χ0v) is 12.2. The maximum atomic E-state index is 10.00. The van der Waals surface area contributed by atoms with E-state index < -0.39 is 6.10 Å². The maximum absolute atomic E-state index is 10.00. The monoisotopic (exact) mass is 299 g/mol. The van der Waals surface area contributed by atoms with E-state index in [4.69, 9.17) is 4.74 Å². The number of aryl methyl sites for hydroxylation is 1. The molecule has 3 aromatic rings. The second kappa shape index (κ2) is 6.40. The molecule has 0 aliphatic carbocycles. The Balaban J connectivity index is 1.57. The van der Waals surface area contributed by atoms with Gasteiger partial charge in [-0.15, -0.1) is 0 Å². The predicted octanol–water partition coefficient (Wildman–Crippen LogP) is 1.22. The Morgan fingerprint density at radius 1 is 1.27 bits per heavy atom. The van der Waals surface area contributed by atoms with E-state index in [2.05, 4.69) is 20.4 Å². The van der Waals surface area contributed by atoms with Crippen LogP contribution in [0.5, 0.6) is 5.75 Å². The van der Waals surface area contributed by atoms with Crippen molar-refractivity contribution < 1.29 is 9.84 Å². The van der Waals surface area contributed by atoms with E-state index in [-0.39, 0.29) is 6.61 Å². The molecule has 0 aliphatic rings. The van der Waals surface area contributed by atoms with E-state index in [0.717, 1.165) is 16.8 Å². The molecule has 0 fully saturated rings. The van der Waals surface area contributed by atoms with E-state index in [1.54, 1.807) is 10.9 Å². The van der Waals surface area contributed by atoms with Crippen molar-refractivity contribution in [3.8, 4) is 5.75 Å². The summed E-state index contributed by atoms with van der Waals surface area (Å²) >= 11 is 0. The van der Waals surface area contributed by atoms with Gasteiger partial charge in [0.1, 0.15) is 30.6 Å². The number of anilines is 1. The number of aliphatic hydroxyl groups excluding tert-OH is 1. The van der Waals surface area contributed by atoms with Crippen molar-refractivity contribution >= 4 is 16.9 Å². The molecule has 22 heavy (non-hydrogen) atoms. The highest BCUT2D eigenvalue weighted by Crippen LogP contribution is 2.17. The van der Waals surface area contributed by atoms with Gasteiger partial charge in [0.05, 0.1) is 11.6 Å². The lowest BCUT2D eigenvalue weighted by molar-refractivity contribution is 0.117. The van der Waals surface area contributed by atoms with Crippen LogP contribution in [0.15, 0.2) is 42.9 Å². The molecule has 0 bridgehead atoms. The van der Waals surface area contributed by atoms with Crippen molar-refractivity contribution in [3.63, 3.8) is 0 Å². The Labute approximate surface area is 127 Å². The van der Waals surface area contributed by atoms with Crippen LogP contribution in [0.4, 0.5) is 5.82 Å². The summed E-state index contributed by atoms with van der Waals surface area (Å²) in [6, 6.07) is 9.40. The number of nitrogens with one attached hydrogen (secondary N) is 1. The SMILES string of the molecule is Cn1ncc2c(NC[C@@H](O)COc3ccccc3)ncnc21. The molecule has 1 atom stereocenters. The quantitative estimate of drug-likeness (QED) is 0.712. The Morgan fingerprint density at radius 2 is 2.09 bits per heavy atom. The number of para-hydroxylation sites is 1. The van der Waals surface area contributed by atoms with Gasteiger partial charge in [0.2, 0.25) is 0 Å². The van der Waals surface area contributed by atoms with Crippen LogP contribution in [0.25, 0.3) is 11.0 Å². The van der Waals surface area contributed by atoms with Gasteiger partial charge in [-0.3, -0.25) is 4.68 Å². The first kappa shape index (κ1) is 14.3. The molecule has 0 unspecified atom stereocenters. The van der Waals surface area contributed by atoms with Gasteiger partial charge in [0.25, 0.3) is 0 Å². The molecule has 2 heterocycles. The molecule has 0 saturated heterocycles. The molecule has 7 nitrogen and oxygen atoms in total. The Hall–Kier alpha value is -2.67. The van der Waals surface area contributed by atoms with Crippen LogP contribution in [-0.4, -0.2) is 44.1 Å². The molecule has 114 valence electrons. The number of benzene rings is 1. The zero-order chi connectivity index (χ0) is 15.4. The van der Waals surface area contributed by atoms with Gasteiger partial charge in [-0.2, -0.15) is 5.10 Å². The van der Waals surface area contributed by atoms with E-state index in [1.807, 2.05) is 37.4 Å². The third-order valence-electron chi connectivity index (χ3n) is 3.22. The second-order valence-corrected chi connectivity index (χ2v) is 4.89. The highest BCUT2D eigenvalue weighted by atomic mass is 16.5. The highest BCUT2D eigenvalue weighted by Gasteiger charge is 2.10. The zero-order valence-electron chi connectivity index (χ0n) is 12.2. The van der Waals surface area contributed by atoms with Crippen molar-refractivity contribution in [2.75, 3.05) is 18.5 Å². The molecule has 0 radical (unpaired) electrons. The number of aliphatic hydroxyl groups is 1. The van der Waals surface area contributed by atoms with Crippen LogP contribution in [0, 0.1) is 0 Å². The van der Waals surface area contributed by atoms with Crippen molar-refractivity contribution in [2.45, 2.75) is 6.10 Å². The molecular weight excluding hydrogens is 282 g/mol. The van der Waals surface area contributed by atoms with E-state index in [9.17, 15) is 5.11 Å². The van der Waals surface area contributed by atoms with Crippen LogP contribution in [0.3, 0.4) is 0 Å². The van der Waals surface area contributed by atoms with Crippen LogP contribution in [-0.2, 0) is 7.05 Å². The van der Waals surface area contributed by atoms with Gasteiger partial charge >= 0.3 is 0 Å². The average Bonchev–Trinajstić information content (AvgIpc) is 2.94. The number of nitrogens with zero attached hydrogens (tertiary/aromatic N) is 4. The Bertz CT molecular complexity index is 744. The largest absolute Gasteiger partial charge is 0.491 e. The molecular formula is C15H17N5O2. The number of rotatable bonds is 6. The smallest absolute Gasteiger partial charge is 0.163 e. The molecule has 0 amide bonds. The van der Waals surface area contributed by atoms with Crippen LogP contribution in [0.1, 0.15) is 0 Å². The molecule has 3 rings (SSSR count). The average molecular weight is 299 g/mol. The van der Waals surface area contributed by atoms with Crippen molar-refractivity contribution in [2.24, 2.45) is 7.05 Å². The summed E-state index contributed by atoms with van der Waals surface area (Å²) in [7, 11) is 1.82. The molecule has 0 saturated carbocycles. The number of ether oxygens (including phenoxy) is 1. The van der Waals surface area contributed by atoms with Crippen molar-refractivity contribution in [3.05, 3.63) is 42.9 Å². The Morgan fingerprint density at radius 3 is 2.91 bits per heavy atom. The molecule has 0 spiro atoms. The summed E-state index contributed by atoms with van der Waals surface area (Å²) in [5, 5.41) is 18.1. The molecule has 2 aromatic heterocycles. The molecule has 2 N–H and O–H groups in total. The van der Waals surface area contributed by atoms with Gasteiger partial charge in [0, 0.05) is 13.6 Å². The van der Waals surface area contributed by atoms with Gasteiger partial charge in [-0.05, 0) is 12.1 Å². The molecule has 1 aromatic carbocycles. The first-order valence-corrected chi connectivity index (χ1v) is 6.96. The predicted molar refractivity (Wildman–Crippen MR) is 82.7 cm³/mol. The second-order valence-electron chi connectivity index (χ2n) is 4.89. The molecule has 0 aliphatic heterocycles. The summed E-state index contributed by atoms with van der Waals surface area (Å²) in [5.74, 6) is 1.38. The third-order valence-corrected chi connectivity index (χ3v) is 3.22. The van der Waals surface area contributed by atoms with Gasteiger partial charge in [0.15, 0.2) is 5.65 Å². The fraction of sp³-hybridized carbons (Fsp3) is 0.267. The van der Waals surface area contributed by atoms with E-state index >= 15 is 0 Å².